The molecule has 1 heterocycles. The molecule has 0 saturated carbocycles. The third-order valence-electron chi connectivity index (χ3n) is 6.07. The molecule has 234 valence electrons. The van der Waals surface area contributed by atoms with Crippen LogP contribution in [-0.4, -0.2) is 47.4 Å². The van der Waals surface area contributed by atoms with E-state index >= 15 is 0 Å². The number of benzene rings is 1. The Kier molecular flexibility index (Phi) is 17.6. The fourth-order valence-electron chi connectivity index (χ4n) is 3.49. The lowest BCUT2D eigenvalue weighted by Gasteiger charge is -2.35. The molecule has 0 bridgehead atoms. The van der Waals surface area contributed by atoms with Crippen molar-refractivity contribution in [2.45, 2.75) is 93.5 Å². The summed E-state index contributed by atoms with van der Waals surface area (Å²) in [6.45, 7) is 16.4. The van der Waals surface area contributed by atoms with Crippen molar-refractivity contribution in [3.05, 3.63) is 53.6 Å². The van der Waals surface area contributed by atoms with Gasteiger partial charge < -0.3 is 18.8 Å². The first-order valence-electron chi connectivity index (χ1n) is 14.0. The summed E-state index contributed by atoms with van der Waals surface area (Å²) in [6.07, 6.45) is 0.625. The molecule has 1 unspecified atom stereocenters. The summed E-state index contributed by atoms with van der Waals surface area (Å²) in [6, 6.07) is 8.84. The van der Waals surface area contributed by atoms with E-state index in [1.165, 1.54) is 13.0 Å². The van der Waals surface area contributed by atoms with E-state index in [0.29, 0.717) is 24.1 Å². The molecule has 1 amide bonds. The van der Waals surface area contributed by atoms with Crippen molar-refractivity contribution >= 4 is 6.41 Å². The van der Waals surface area contributed by atoms with Crippen LogP contribution in [0, 0.1) is 16.7 Å². The van der Waals surface area contributed by atoms with Gasteiger partial charge in [-0.25, -0.2) is 0 Å². The molecular weight excluding hydrogens is 549 g/mol. The average Bonchev–Trinajstić information content (AvgIpc) is 3.44. The van der Waals surface area contributed by atoms with Gasteiger partial charge in [-0.1, -0.05) is 53.7 Å². The standard InChI is InChI=1S/C23H33N3O4.C6H6F3N.C2H6/c1-7-10-19(8-2)29-17(3)23(4,5)15-26(16-27)14-21-24-25-22(30-21)18-11-9-12-20(13-18)28-6;1-2-5(3-4-10)6(7,8)9;1-2/h9-13,16-17H,7-8,14-15H2,1-6H3;2H,3H2,1H3;1-2H3/b19-10+;5-2+;. The van der Waals surface area contributed by atoms with Crippen molar-refractivity contribution in [2.24, 2.45) is 5.41 Å². The lowest BCUT2D eigenvalue weighted by atomic mass is 9.86. The van der Waals surface area contributed by atoms with Gasteiger partial charge in [0.25, 0.3) is 0 Å². The molecule has 0 aliphatic heterocycles. The Hall–Kier alpha value is -3.81. The quantitative estimate of drug-likeness (QED) is 0.131. The van der Waals surface area contributed by atoms with E-state index in [1.54, 1.807) is 12.0 Å². The second-order valence-electron chi connectivity index (χ2n) is 9.57. The lowest BCUT2D eigenvalue weighted by Crippen LogP contribution is -2.40. The monoisotopic (exact) mass is 594 g/mol. The van der Waals surface area contributed by atoms with Crippen molar-refractivity contribution in [1.82, 2.24) is 15.1 Å². The van der Waals surface area contributed by atoms with Crippen LogP contribution in [0.1, 0.15) is 80.5 Å². The van der Waals surface area contributed by atoms with Crippen LogP contribution in [0.4, 0.5) is 13.2 Å². The molecule has 2 rings (SSSR count). The summed E-state index contributed by atoms with van der Waals surface area (Å²) in [5.74, 6) is 2.46. The number of halogens is 3. The summed E-state index contributed by atoms with van der Waals surface area (Å²) in [5, 5.41) is 16.1. The molecule has 1 aromatic carbocycles. The minimum absolute atomic E-state index is 0.0623. The largest absolute Gasteiger partial charge is 0.497 e. The van der Waals surface area contributed by atoms with Crippen LogP contribution in [0.3, 0.4) is 0 Å². The van der Waals surface area contributed by atoms with Crippen molar-refractivity contribution in [3.8, 4) is 23.3 Å². The number of methoxy groups -OCH3 is 1. The predicted octanol–water partition coefficient (Wildman–Crippen LogP) is 8.27. The van der Waals surface area contributed by atoms with E-state index in [2.05, 4.69) is 44.0 Å². The molecule has 1 atom stereocenters. The Morgan fingerprint density at radius 2 is 1.88 bits per heavy atom. The highest BCUT2D eigenvalue weighted by atomic mass is 19.4. The van der Waals surface area contributed by atoms with Gasteiger partial charge in [-0.3, -0.25) is 4.79 Å². The minimum Gasteiger partial charge on any atom is -0.497 e. The van der Waals surface area contributed by atoms with Gasteiger partial charge in [-0.15, -0.1) is 10.2 Å². The van der Waals surface area contributed by atoms with Gasteiger partial charge in [0.05, 0.1) is 31.9 Å². The maximum absolute atomic E-state index is 11.7. The predicted molar refractivity (Wildman–Crippen MR) is 157 cm³/mol. The van der Waals surface area contributed by atoms with E-state index in [1.807, 2.05) is 45.0 Å². The van der Waals surface area contributed by atoms with Crippen LogP contribution in [0.25, 0.3) is 11.5 Å². The topological polar surface area (TPSA) is 101 Å². The molecular formula is C31H45F3N4O4. The van der Waals surface area contributed by atoms with Gasteiger partial charge >= 0.3 is 6.18 Å². The number of nitrogens with zero attached hydrogens (tertiary/aromatic N) is 4. The summed E-state index contributed by atoms with van der Waals surface area (Å²) in [7, 11) is 1.61. The SMILES string of the molecule is C/C=C(\CC#N)C(F)(F)F.CC.CC/C=C(\CC)OC(C)C(C)(C)CN(C=O)Cc1nnc(-c2cccc(OC)c2)o1. The van der Waals surface area contributed by atoms with Crippen LogP contribution < -0.4 is 4.74 Å². The van der Waals surface area contributed by atoms with Crippen LogP contribution in [0.2, 0.25) is 0 Å². The molecule has 0 spiro atoms. The number of amides is 1. The van der Waals surface area contributed by atoms with Gasteiger partial charge in [-0.05, 0) is 44.5 Å². The zero-order chi connectivity index (χ0) is 32.3. The first-order valence-corrected chi connectivity index (χ1v) is 14.0. The smallest absolute Gasteiger partial charge is 0.413 e. The van der Waals surface area contributed by atoms with Crippen LogP contribution in [-0.2, 0) is 16.1 Å². The zero-order valence-corrected chi connectivity index (χ0v) is 26.2. The van der Waals surface area contributed by atoms with Gasteiger partial charge in [-0.2, -0.15) is 18.4 Å². The highest BCUT2D eigenvalue weighted by Gasteiger charge is 2.32. The number of hydrogen-bond acceptors (Lipinski definition) is 7. The molecule has 8 nitrogen and oxygen atoms in total. The van der Waals surface area contributed by atoms with Crippen LogP contribution >= 0.6 is 0 Å². The first kappa shape index (κ1) is 38.2. The highest BCUT2D eigenvalue weighted by Crippen LogP contribution is 2.29. The van der Waals surface area contributed by atoms with Crippen molar-refractivity contribution in [1.29, 1.82) is 5.26 Å². The first-order chi connectivity index (χ1) is 19.8. The number of hydrogen-bond donors (Lipinski definition) is 0. The molecule has 0 aliphatic carbocycles. The number of rotatable bonds is 13. The molecule has 1 aromatic heterocycles. The number of ether oxygens (including phenoxy) is 2. The Morgan fingerprint density at radius 3 is 2.36 bits per heavy atom. The van der Waals surface area contributed by atoms with Crippen molar-refractivity contribution in [2.75, 3.05) is 13.7 Å². The summed E-state index contributed by atoms with van der Waals surface area (Å²) >= 11 is 0. The Balaban J connectivity index is 0.00000118. The highest BCUT2D eigenvalue weighted by molar-refractivity contribution is 5.55. The molecule has 11 heteroatoms. The van der Waals surface area contributed by atoms with Crippen molar-refractivity contribution < 1.29 is 31.9 Å². The summed E-state index contributed by atoms with van der Waals surface area (Å²) in [5.41, 5.74) is -0.281. The molecule has 0 aliphatic rings. The van der Waals surface area contributed by atoms with E-state index in [0.717, 1.165) is 36.7 Å². The molecule has 0 saturated heterocycles. The fourth-order valence-corrected chi connectivity index (χ4v) is 3.49. The molecule has 0 radical (unpaired) electrons. The average molecular weight is 595 g/mol. The van der Waals surface area contributed by atoms with E-state index in [4.69, 9.17) is 19.2 Å². The lowest BCUT2D eigenvalue weighted by molar-refractivity contribution is -0.121. The zero-order valence-electron chi connectivity index (χ0n) is 26.2. The number of alkyl halides is 3. The van der Waals surface area contributed by atoms with Gasteiger partial charge in [0, 0.05) is 29.5 Å². The van der Waals surface area contributed by atoms with Crippen LogP contribution in [0.5, 0.6) is 5.75 Å². The normalized spacial score (nSPS) is 12.5. The van der Waals surface area contributed by atoms with Gasteiger partial charge in [0.15, 0.2) is 0 Å². The number of carbonyl (C=O) groups excluding carboxylic acids is 1. The number of allylic oxidation sites excluding steroid dienone is 4. The maximum atomic E-state index is 11.7. The summed E-state index contributed by atoms with van der Waals surface area (Å²) < 4.78 is 52.2. The van der Waals surface area contributed by atoms with Crippen molar-refractivity contribution in [3.63, 3.8) is 0 Å². The molecule has 0 N–H and O–H groups in total. The second kappa shape index (κ2) is 19.3. The van der Waals surface area contributed by atoms with E-state index < -0.39 is 18.2 Å². The molecule has 0 fully saturated rings. The van der Waals surface area contributed by atoms with Crippen LogP contribution in [0.15, 0.2) is 52.2 Å². The number of aromatic nitrogens is 2. The van der Waals surface area contributed by atoms with Gasteiger partial charge in [0.2, 0.25) is 18.2 Å². The fraction of sp³-hybridized carbons (Fsp3) is 0.548. The molecule has 2 aromatic rings. The molecule has 42 heavy (non-hydrogen) atoms. The van der Waals surface area contributed by atoms with E-state index in [9.17, 15) is 18.0 Å². The Labute approximate surface area is 248 Å². The third-order valence-corrected chi connectivity index (χ3v) is 6.07. The third kappa shape index (κ3) is 13.2. The van der Waals surface area contributed by atoms with Gasteiger partial charge in [0.1, 0.15) is 11.9 Å². The Bertz CT molecular complexity index is 1170. The maximum Gasteiger partial charge on any atom is 0.413 e. The Morgan fingerprint density at radius 1 is 1.21 bits per heavy atom. The summed E-state index contributed by atoms with van der Waals surface area (Å²) in [4.78, 5) is 13.4. The number of carbonyl (C=O) groups is 1. The number of nitriles is 1. The minimum atomic E-state index is -4.34. The van der Waals surface area contributed by atoms with E-state index in [-0.39, 0.29) is 18.1 Å². The second-order valence-corrected chi connectivity index (χ2v) is 9.57.